The number of rotatable bonds is 9. The zero-order valence-electron chi connectivity index (χ0n) is 23.9. The standard InChI is InChI=1S/C27H43ClN10O3/c1-2-26(31)9-13-37(14-10-26)18(39)7-5-3-4-6-8-19(40)38-15-11-27(12-16-38)17-32-25(36-27)35-24(41)20-22(29)34-23(30)21(28)33-20/h2-17,31H2,1H3,(H4,29,30,34)(H2,32,35,36,41). The number of guanidine groups is 1. The van der Waals surface area contributed by atoms with Gasteiger partial charge in [-0.05, 0) is 44.9 Å². The Morgan fingerprint density at radius 3 is 2.02 bits per heavy atom. The fourth-order valence-electron chi connectivity index (χ4n) is 5.65. The first kappa shape index (κ1) is 30.8. The summed E-state index contributed by atoms with van der Waals surface area (Å²) in [4.78, 5) is 53.9. The van der Waals surface area contributed by atoms with Gasteiger partial charge in [-0.2, -0.15) is 0 Å². The number of nitrogens with one attached hydrogen (secondary N) is 2. The second kappa shape index (κ2) is 13.2. The molecule has 3 aliphatic heterocycles. The van der Waals surface area contributed by atoms with Crippen molar-refractivity contribution in [2.24, 2.45) is 10.7 Å². The van der Waals surface area contributed by atoms with Crippen molar-refractivity contribution in [1.82, 2.24) is 30.4 Å². The molecule has 0 saturated carbocycles. The summed E-state index contributed by atoms with van der Waals surface area (Å²) in [6.07, 6.45) is 8.79. The van der Waals surface area contributed by atoms with Crippen molar-refractivity contribution in [2.45, 2.75) is 88.6 Å². The molecule has 0 aliphatic carbocycles. The van der Waals surface area contributed by atoms with E-state index in [-0.39, 0.29) is 45.4 Å². The Bertz CT molecular complexity index is 1160. The third kappa shape index (κ3) is 7.76. The van der Waals surface area contributed by atoms with Crippen LogP contribution in [0.15, 0.2) is 4.99 Å². The van der Waals surface area contributed by atoms with Crippen molar-refractivity contribution < 1.29 is 14.4 Å². The molecule has 226 valence electrons. The lowest BCUT2D eigenvalue weighted by Gasteiger charge is -2.39. The molecule has 2 fully saturated rings. The van der Waals surface area contributed by atoms with Gasteiger partial charge in [-0.25, -0.2) is 9.97 Å². The number of aromatic nitrogens is 2. The number of amides is 3. The maximum Gasteiger partial charge on any atom is 0.280 e. The van der Waals surface area contributed by atoms with E-state index in [1.807, 2.05) is 9.80 Å². The number of nitrogen functional groups attached to an aromatic ring is 2. The first-order valence-electron chi connectivity index (χ1n) is 14.6. The van der Waals surface area contributed by atoms with E-state index < -0.39 is 5.91 Å². The molecule has 1 aromatic rings. The van der Waals surface area contributed by atoms with Crippen LogP contribution in [0, 0.1) is 0 Å². The van der Waals surface area contributed by atoms with Crippen LogP contribution < -0.4 is 27.8 Å². The number of likely N-dealkylation sites (tertiary alicyclic amines) is 2. The highest BCUT2D eigenvalue weighted by Gasteiger charge is 2.40. The van der Waals surface area contributed by atoms with Crippen LogP contribution in [0.25, 0.3) is 0 Å². The van der Waals surface area contributed by atoms with Gasteiger partial charge in [0, 0.05) is 44.6 Å². The second-order valence-corrected chi connectivity index (χ2v) is 11.9. The molecule has 2 saturated heterocycles. The SMILES string of the molecule is CCC1(N)CCN(C(=O)CCCCCCC(=O)N2CCC3(CC2)CN=C(NC(=O)c2nc(Cl)c(N)nc2N)N3)CC1. The van der Waals surface area contributed by atoms with Gasteiger partial charge < -0.3 is 32.3 Å². The van der Waals surface area contributed by atoms with Crippen molar-refractivity contribution in [2.75, 3.05) is 44.2 Å². The van der Waals surface area contributed by atoms with Gasteiger partial charge in [0.25, 0.3) is 5.91 Å². The quantitative estimate of drug-likeness (QED) is 0.264. The van der Waals surface area contributed by atoms with E-state index in [0.717, 1.165) is 70.9 Å². The Balaban J connectivity index is 1.09. The molecular weight excluding hydrogens is 548 g/mol. The number of carbonyl (C=O) groups is 3. The molecule has 4 heterocycles. The number of nitrogens with two attached hydrogens (primary N) is 3. The summed E-state index contributed by atoms with van der Waals surface area (Å²) in [5.41, 5.74) is 17.1. The lowest BCUT2D eigenvalue weighted by molar-refractivity contribution is -0.134. The highest BCUT2D eigenvalue weighted by atomic mass is 35.5. The maximum absolute atomic E-state index is 12.8. The summed E-state index contributed by atoms with van der Waals surface area (Å²) in [5, 5.41) is 5.89. The molecule has 3 amide bonds. The van der Waals surface area contributed by atoms with Crippen LogP contribution in [0.4, 0.5) is 11.6 Å². The molecular formula is C27H43ClN10O3. The van der Waals surface area contributed by atoms with Crippen LogP contribution in [0.1, 0.15) is 88.0 Å². The van der Waals surface area contributed by atoms with Crippen molar-refractivity contribution in [1.29, 1.82) is 0 Å². The molecule has 1 aromatic heterocycles. The molecule has 0 aromatic carbocycles. The van der Waals surface area contributed by atoms with Crippen molar-refractivity contribution in [3.63, 3.8) is 0 Å². The minimum absolute atomic E-state index is 0.0479. The van der Waals surface area contributed by atoms with Crippen LogP contribution in [0.5, 0.6) is 0 Å². The fraction of sp³-hybridized carbons (Fsp3) is 0.704. The molecule has 41 heavy (non-hydrogen) atoms. The molecule has 14 heteroatoms. The predicted molar refractivity (Wildman–Crippen MR) is 158 cm³/mol. The highest BCUT2D eigenvalue weighted by molar-refractivity contribution is 6.31. The van der Waals surface area contributed by atoms with Gasteiger partial charge in [-0.1, -0.05) is 31.4 Å². The Morgan fingerprint density at radius 2 is 1.46 bits per heavy atom. The summed E-state index contributed by atoms with van der Waals surface area (Å²) < 4.78 is 0. The first-order valence-corrected chi connectivity index (χ1v) is 15.0. The number of unbranched alkanes of at least 4 members (excludes halogenated alkanes) is 3. The van der Waals surface area contributed by atoms with E-state index in [1.165, 1.54) is 0 Å². The van der Waals surface area contributed by atoms with Gasteiger partial charge in [0.05, 0.1) is 12.1 Å². The molecule has 8 N–H and O–H groups in total. The molecule has 3 aliphatic rings. The summed E-state index contributed by atoms with van der Waals surface area (Å²) in [6, 6.07) is 0. The number of hydrogen-bond acceptors (Lipinski definition) is 10. The van der Waals surface area contributed by atoms with Gasteiger partial charge in [-0.3, -0.25) is 24.7 Å². The van der Waals surface area contributed by atoms with E-state index in [2.05, 4.69) is 32.5 Å². The van der Waals surface area contributed by atoms with Crippen LogP contribution in [-0.2, 0) is 9.59 Å². The Hall–Kier alpha value is -3.19. The zero-order chi connectivity index (χ0) is 29.6. The Morgan fingerprint density at radius 1 is 0.902 bits per heavy atom. The second-order valence-electron chi connectivity index (χ2n) is 11.5. The van der Waals surface area contributed by atoms with Crippen molar-refractivity contribution >= 4 is 46.9 Å². The van der Waals surface area contributed by atoms with Gasteiger partial charge in [0.2, 0.25) is 11.8 Å². The van der Waals surface area contributed by atoms with Crippen LogP contribution in [0.2, 0.25) is 5.15 Å². The predicted octanol–water partition coefficient (Wildman–Crippen LogP) is 1.42. The van der Waals surface area contributed by atoms with E-state index in [9.17, 15) is 14.4 Å². The van der Waals surface area contributed by atoms with E-state index in [0.29, 0.717) is 38.4 Å². The van der Waals surface area contributed by atoms with Gasteiger partial charge >= 0.3 is 0 Å². The number of piperidine rings is 2. The van der Waals surface area contributed by atoms with E-state index in [1.54, 1.807) is 0 Å². The molecule has 0 atom stereocenters. The fourth-order valence-corrected chi connectivity index (χ4v) is 5.78. The number of carbonyl (C=O) groups excluding carboxylic acids is 3. The largest absolute Gasteiger partial charge is 0.382 e. The smallest absolute Gasteiger partial charge is 0.280 e. The molecule has 0 unspecified atom stereocenters. The van der Waals surface area contributed by atoms with Gasteiger partial charge in [-0.15, -0.1) is 0 Å². The van der Waals surface area contributed by atoms with Crippen LogP contribution in [-0.4, -0.2) is 87.3 Å². The lowest BCUT2D eigenvalue weighted by Crippen LogP contribution is -2.56. The average Bonchev–Trinajstić information content (AvgIpc) is 3.34. The van der Waals surface area contributed by atoms with E-state index >= 15 is 0 Å². The number of halogens is 1. The minimum Gasteiger partial charge on any atom is -0.382 e. The number of hydrogen-bond donors (Lipinski definition) is 5. The molecule has 1 spiro atoms. The monoisotopic (exact) mass is 590 g/mol. The minimum atomic E-state index is -0.585. The lowest BCUT2D eigenvalue weighted by atomic mass is 9.86. The molecule has 0 bridgehead atoms. The maximum atomic E-state index is 12.8. The first-order chi connectivity index (χ1) is 19.5. The number of aliphatic imine (C=N–C) groups is 1. The number of nitrogens with zero attached hydrogens (tertiary/aromatic N) is 5. The summed E-state index contributed by atoms with van der Waals surface area (Å²) in [6.45, 7) is 5.38. The zero-order valence-corrected chi connectivity index (χ0v) is 24.6. The Labute approximate surface area is 246 Å². The molecule has 13 nitrogen and oxygen atoms in total. The summed E-state index contributed by atoms with van der Waals surface area (Å²) >= 11 is 5.88. The average molecular weight is 591 g/mol. The molecule has 0 radical (unpaired) electrons. The third-order valence-corrected chi connectivity index (χ3v) is 8.97. The summed E-state index contributed by atoms with van der Waals surface area (Å²) in [7, 11) is 0. The number of anilines is 2. The van der Waals surface area contributed by atoms with Crippen LogP contribution >= 0.6 is 11.6 Å². The van der Waals surface area contributed by atoms with Crippen molar-refractivity contribution in [3.05, 3.63) is 10.8 Å². The van der Waals surface area contributed by atoms with Crippen molar-refractivity contribution in [3.8, 4) is 0 Å². The third-order valence-electron chi connectivity index (χ3n) is 8.70. The van der Waals surface area contributed by atoms with Gasteiger partial charge in [0.15, 0.2) is 28.4 Å². The normalized spacial score (nSPS) is 19.5. The molecule has 4 rings (SSSR count). The Kier molecular flexibility index (Phi) is 9.90. The van der Waals surface area contributed by atoms with Gasteiger partial charge in [0.1, 0.15) is 0 Å². The topological polar surface area (TPSA) is 198 Å². The van der Waals surface area contributed by atoms with Crippen LogP contribution in [0.3, 0.4) is 0 Å². The summed E-state index contributed by atoms with van der Waals surface area (Å²) in [5.74, 6) is -0.0399. The highest BCUT2D eigenvalue weighted by Crippen LogP contribution is 2.27. The van der Waals surface area contributed by atoms with E-state index in [4.69, 9.17) is 28.8 Å².